The van der Waals surface area contributed by atoms with Crippen molar-refractivity contribution in [1.82, 2.24) is 0 Å². The Kier molecular flexibility index (Phi) is 3.09. The molecule has 0 amide bonds. The molecule has 3 heteroatoms. The summed E-state index contributed by atoms with van der Waals surface area (Å²) >= 11 is 0. The Morgan fingerprint density at radius 3 is 2.67 bits per heavy atom. The zero-order chi connectivity index (χ0) is 9.19. The molecule has 12 heavy (non-hydrogen) atoms. The molecular formula is C9H19NO2. The summed E-state index contributed by atoms with van der Waals surface area (Å²) in [5.41, 5.74) is 5.33. The highest BCUT2D eigenvalue weighted by Crippen LogP contribution is 2.31. The highest BCUT2D eigenvalue weighted by atomic mass is 16.3. The number of hydrogen-bond acceptors (Lipinski definition) is 3. The van der Waals surface area contributed by atoms with Crippen molar-refractivity contribution in [2.45, 2.75) is 44.2 Å². The first kappa shape index (κ1) is 9.96. The Balaban J connectivity index is 2.51. The van der Waals surface area contributed by atoms with Gasteiger partial charge in [0.25, 0.3) is 0 Å². The van der Waals surface area contributed by atoms with Crippen LogP contribution in [-0.2, 0) is 0 Å². The maximum absolute atomic E-state index is 9.64. The fraction of sp³-hybridized carbons (Fsp3) is 1.00. The predicted octanol–water partition coefficient (Wildman–Crippen LogP) is 0.247. The normalized spacial score (nSPS) is 43.0. The van der Waals surface area contributed by atoms with Gasteiger partial charge < -0.3 is 15.9 Å². The predicted molar refractivity (Wildman–Crippen MR) is 47.6 cm³/mol. The summed E-state index contributed by atoms with van der Waals surface area (Å²) in [7, 11) is 0. The molecule has 4 N–H and O–H groups in total. The van der Waals surface area contributed by atoms with Crippen LogP contribution >= 0.6 is 0 Å². The van der Waals surface area contributed by atoms with Crippen molar-refractivity contribution in [2.24, 2.45) is 11.7 Å². The van der Waals surface area contributed by atoms with E-state index in [-0.39, 0.29) is 12.7 Å². The van der Waals surface area contributed by atoms with Gasteiger partial charge in [-0.3, -0.25) is 0 Å². The molecule has 0 aromatic rings. The molecule has 1 aliphatic rings. The molecule has 0 aromatic carbocycles. The smallest absolute Gasteiger partial charge is 0.0612 e. The Hall–Kier alpha value is -0.120. The van der Waals surface area contributed by atoms with Crippen LogP contribution in [0.15, 0.2) is 0 Å². The molecule has 0 saturated heterocycles. The van der Waals surface area contributed by atoms with Crippen molar-refractivity contribution in [1.29, 1.82) is 0 Å². The highest BCUT2D eigenvalue weighted by molar-refractivity contribution is 4.93. The topological polar surface area (TPSA) is 66.5 Å². The van der Waals surface area contributed by atoms with Gasteiger partial charge in [0.1, 0.15) is 0 Å². The summed E-state index contributed by atoms with van der Waals surface area (Å²) in [5, 5.41) is 18.6. The van der Waals surface area contributed by atoms with Gasteiger partial charge in [-0.05, 0) is 25.2 Å². The van der Waals surface area contributed by atoms with E-state index < -0.39 is 5.54 Å². The van der Waals surface area contributed by atoms with Crippen LogP contribution in [0.5, 0.6) is 0 Å². The van der Waals surface area contributed by atoms with Gasteiger partial charge in [0.15, 0.2) is 0 Å². The van der Waals surface area contributed by atoms with Crippen LogP contribution < -0.4 is 5.73 Å². The number of aliphatic hydroxyl groups is 2. The Morgan fingerprint density at radius 2 is 2.25 bits per heavy atom. The lowest BCUT2D eigenvalue weighted by molar-refractivity contribution is 0.0133. The van der Waals surface area contributed by atoms with Crippen molar-refractivity contribution in [3.05, 3.63) is 0 Å². The van der Waals surface area contributed by atoms with Gasteiger partial charge in [0.2, 0.25) is 0 Å². The summed E-state index contributed by atoms with van der Waals surface area (Å²) in [5.74, 6) is 0.383. The number of aliphatic hydroxyl groups excluding tert-OH is 2. The van der Waals surface area contributed by atoms with Gasteiger partial charge in [0.05, 0.1) is 12.7 Å². The Labute approximate surface area is 73.6 Å². The molecule has 0 heterocycles. The van der Waals surface area contributed by atoms with Gasteiger partial charge in [-0.2, -0.15) is 0 Å². The van der Waals surface area contributed by atoms with Crippen molar-refractivity contribution < 1.29 is 10.2 Å². The maximum atomic E-state index is 9.64. The summed E-state index contributed by atoms with van der Waals surface area (Å²) in [6.45, 7) is 2.07. The molecular weight excluding hydrogens is 154 g/mol. The molecule has 0 spiro atoms. The van der Waals surface area contributed by atoms with E-state index in [4.69, 9.17) is 10.8 Å². The van der Waals surface area contributed by atoms with E-state index >= 15 is 0 Å². The molecule has 3 atom stereocenters. The Bertz CT molecular complexity index is 151. The largest absolute Gasteiger partial charge is 0.394 e. The lowest BCUT2D eigenvalue weighted by Gasteiger charge is -2.38. The SMILES string of the molecule is CCC1CCC(N)(CO)CC1O. The summed E-state index contributed by atoms with van der Waals surface area (Å²) in [6, 6.07) is 0. The molecule has 3 nitrogen and oxygen atoms in total. The molecule has 1 aliphatic carbocycles. The third-order valence-electron chi connectivity index (χ3n) is 3.01. The monoisotopic (exact) mass is 173 g/mol. The van der Waals surface area contributed by atoms with Crippen molar-refractivity contribution in [3.8, 4) is 0 Å². The molecule has 0 aromatic heterocycles. The summed E-state index contributed by atoms with van der Waals surface area (Å²) in [4.78, 5) is 0. The summed E-state index contributed by atoms with van der Waals surface area (Å²) < 4.78 is 0. The van der Waals surface area contributed by atoms with Gasteiger partial charge in [-0.25, -0.2) is 0 Å². The van der Waals surface area contributed by atoms with Crippen LogP contribution in [0.3, 0.4) is 0 Å². The van der Waals surface area contributed by atoms with Crippen molar-refractivity contribution >= 4 is 0 Å². The van der Waals surface area contributed by atoms with Crippen LogP contribution in [-0.4, -0.2) is 28.5 Å². The van der Waals surface area contributed by atoms with Crippen LogP contribution in [0.25, 0.3) is 0 Å². The number of nitrogens with two attached hydrogens (primary N) is 1. The summed E-state index contributed by atoms with van der Waals surface area (Å²) in [6.07, 6.45) is 3.00. The van der Waals surface area contributed by atoms with E-state index in [1.54, 1.807) is 0 Å². The highest BCUT2D eigenvalue weighted by Gasteiger charge is 2.35. The average molecular weight is 173 g/mol. The molecule has 72 valence electrons. The quantitative estimate of drug-likeness (QED) is 0.560. The van der Waals surface area contributed by atoms with E-state index in [1.807, 2.05) is 0 Å². The first-order valence-electron chi connectivity index (χ1n) is 4.69. The van der Waals surface area contributed by atoms with Crippen LogP contribution in [0.4, 0.5) is 0 Å². The van der Waals surface area contributed by atoms with Crippen LogP contribution in [0, 0.1) is 5.92 Å². The molecule has 0 bridgehead atoms. The first-order chi connectivity index (χ1) is 5.61. The fourth-order valence-electron chi connectivity index (χ4n) is 1.97. The van der Waals surface area contributed by atoms with Crippen LogP contribution in [0.2, 0.25) is 0 Å². The molecule has 0 radical (unpaired) electrons. The first-order valence-corrected chi connectivity index (χ1v) is 4.69. The van der Waals surface area contributed by atoms with E-state index in [9.17, 15) is 5.11 Å². The second-order valence-electron chi connectivity index (χ2n) is 4.00. The average Bonchev–Trinajstić information content (AvgIpc) is 2.05. The second-order valence-corrected chi connectivity index (χ2v) is 4.00. The van der Waals surface area contributed by atoms with E-state index in [1.165, 1.54) is 0 Å². The minimum absolute atomic E-state index is 0.0134. The lowest BCUT2D eigenvalue weighted by Crippen LogP contribution is -2.51. The Morgan fingerprint density at radius 1 is 1.58 bits per heavy atom. The number of rotatable bonds is 2. The van der Waals surface area contributed by atoms with Gasteiger partial charge in [-0.15, -0.1) is 0 Å². The van der Waals surface area contributed by atoms with E-state index in [0.717, 1.165) is 19.3 Å². The molecule has 1 fully saturated rings. The molecule has 1 saturated carbocycles. The molecule has 3 unspecified atom stereocenters. The molecule has 1 rings (SSSR count). The third kappa shape index (κ3) is 1.97. The van der Waals surface area contributed by atoms with Gasteiger partial charge in [-0.1, -0.05) is 13.3 Å². The van der Waals surface area contributed by atoms with Gasteiger partial charge in [0, 0.05) is 5.54 Å². The van der Waals surface area contributed by atoms with Crippen molar-refractivity contribution in [3.63, 3.8) is 0 Å². The standard InChI is InChI=1S/C9H19NO2/c1-2-7-3-4-9(10,6-11)5-8(7)12/h7-8,11-12H,2-6,10H2,1H3. The zero-order valence-electron chi connectivity index (χ0n) is 7.66. The van der Waals surface area contributed by atoms with E-state index in [2.05, 4.69) is 6.92 Å². The minimum Gasteiger partial charge on any atom is -0.394 e. The van der Waals surface area contributed by atoms with Crippen molar-refractivity contribution in [2.75, 3.05) is 6.61 Å². The molecule has 0 aliphatic heterocycles. The fourth-order valence-corrected chi connectivity index (χ4v) is 1.97. The second kappa shape index (κ2) is 3.73. The van der Waals surface area contributed by atoms with Gasteiger partial charge >= 0.3 is 0 Å². The van der Waals surface area contributed by atoms with Crippen LogP contribution in [0.1, 0.15) is 32.6 Å². The number of hydrogen-bond donors (Lipinski definition) is 3. The maximum Gasteiger partial charge on any atom is 0.0612 e. The van der Waals surface area contributed by atoms with E-state index in [0.29, 0.717) is 12.3 Å². The zero-order valence-corrected chi connectivity index (χ0v) is 7.66. The third-order valence-corrected chi connectivity index (χ3v) is 3.01. The minimum atomic E-state index is -0.523. The lowest BCUT2D eigenvalue weighted by atomic mass is 9.75.